The van der Waals surface area contributed by atoms with Crippen molar-refractivity contribution in [3.8, 4) is 0 Å². The Hall–Kier alpha value is 0.129. The summed E-state index contributed by atoms with van der Waals surface area (Å²) in [5.41, 5.74) is 0. The molecule has 1 heteroatoms. The predicted molar refractivity (Wildman–Crippen MR) is 64.4 cm³/mol. The molecule has 2 aliphatic rings. The Morgan fingerprint density at radius 2 is 1.07 bits per heavy atom. The quantitative estimate of drug-likeness (QED) is 0.523. The molecule has 1 saturated carbocycles. The second-order valence-electron chi connectivity index (χ2n) is 4.49. The van der Waals surface area contributed by atoms with E-state index in [9.17, 15) is 0 Å². The van der Waals surface area contributed by atoms with Crippen LogP contribution in [0.1, 0.15) is 58.3 Å². The summed E-state index contributed by atoms with van der Waals surface area (Å²) in [6, 6.07) is 0. The minimum absolute atomic E-state index is 0. The molecule has 0 aliphatic heterocycles. The fourth-order valence-corrected chi connectivity index (χ4v) is 1.99. The molecular weight excluding hydrogens is 360 g/mol. The molecule has 1 fully saturated rings. The van der Waals surface area contributed by atoms with E-state index in [4.69, 9.17) is 0 Å². The standard InChI is InChI=1S/C8H12.C6H12.Ir/c1-2-4-6-8-7-5-3-1;1-6-4-2-3-5-6;/h1-2,7-8H,3-6H2;6H,2-5H2,1H3;. The topological polar surface area (TPSA) is 0 Å². The summed E-state index contributed by atoms with van der Waals surface area (Å²) in [6.45, 7) is 2.34. The van der Waals surface area contributed by atoms with Gasteiger partial charge in [-0.2, -0.15) is 0 Å². The van der Waals surface area contributed by atoms with Gasteiger partial charge in [-0.1, -0.05) is 56.9 Å². The molecule has 0 aromatic carbocycles. The second kappa shape index (κ2) is 10.6. The van der Waals surface area contributed by atoms with E-state index in [1.807, 2.05) is 0 Å². The first-order valence-corrected chi connectivity index (χ1v) is 6.19. The van der Waals surface area contributed by atoms with Crippen molar-refractivity contribution < 1.29 is 20.1 Å². The van der Waals surface area contributed by atoms with Crippen LogP contribution < -0.4 is 0 Å². The number of rotatable bonds is 0. The average Bonchev–Trinajstić information content (AvgIpc) is 2.55. The van der Waals surface area contributed by atoms with Gasteiger partial charge in [0.1, 0.15) is 0 Å². The molecule has 0 amide bonds. The third kappa shape index (κ3) is 9.08. The predicted octanol–water partition coefficient (Wildman–Crippen LogP) is 4.87. The molecule has 0 spiro atoms. The van der Waals surface area contributed by atoms with Gasteiger partial charge >= 0.3 is 0 Å². The van der Waals surface area contributed by atoms with Crippen LogP contribution in [0.2, 0.25) is 0 Å². The molecule has 89 valence electrons. The summed E-state index contributed by atoms with van der Waals surface area (Å²) >= 11 is 0. The second-order valence-corrected chi connectivity index (χ2v) is 4.49. The maximum Gasteiger partial charge on any atom is 0 e. The van der Waals surface area contributed by atoms with Gasteiger partial charge in [0.15, 0.2) is 0 Å². The minimum atomic E-state index is 0. The van der Waals surface area contributed by atoms with Gasteiger partial charge in [-0.05, 0) is 31.6 Å². The van der Waals surface area contributed by atoms with Crippen LogP contribution in [0.3, 0.4) is 0 Å². The summed E-state index contributed by atoms with van der Waals surface area (Å²) in [5.74, 6) is 1.05. The molecule has 0 aromatic heterocycles. The van der Waals surface area contributed by atoms with Gasteiger partial charge in [-0.15, -0.1) is 0 Å². The molecule has 0 saturated heterocycles. The fraction of sp³-hybridized carbons (Fsp3) is 0.714. The van der Waals surface area contributed by atoms with Crippen LogP contribution >= 0.6 is 0 Å². The van der Waals surface area contributed by atoms with Gasteiger partial charge in [0.2, 0.25) is 0 Å². The molecular formula is C14H24Ir. The Morgan fingerprint density at radius 1 is 0.733 bits per heavy atom. The van der Waals surface area contributed by atoms with E-state index in [-0.39, 0.29) is 20.1 Å². The van der Waals surface area contributed by atoms with Gasteiger partial charge in [0.05, 0.1) is 0 Å². The van der Waals surface area contributed by atoms with Crippen LogP contribution in [0, 0.1) is 5.92 Å². The summed E-state index contributed by atoms with van der Waals surface area (Å²) in [4.78, 5) is 0. The van der Waals surface area contributed by atoms with Crippen LogP contribution in [0.25, 0.3) is 0 Å². The number of hydrogen-bond donors (Lipinski definition) is 0. The molecule has 0 unspecified atom stereocenters. The van der Waals surface area contributed by atoms with E-state index >= 15 is 0 Å². The molecule has 1 radical (unpaired) electrons. The molecule has 0 N–H and O–H groups in total. The van der Waals surface area contributed by atoms with E-state index in [1.165, 1.54) is 51.4 Å². The maximum absolute atomic E-state index is 2.34. The summed E-state index contributed by atoms with van der Waals surface area (Å²) in [7, 11) is 0. The smallest absolute Gasteiger partial charge is 0 e. The molecule has 0 heterocycles. The monoisotopic (exact) mass is 385 g/mol. The summed E-state index contributed by atoms with van der Waals surface area (Å²) in [5, 5.41) is 0. The zero-order valence-corrected chi connectivity index (χ0v) is 12.3. The summed E-state index contributed by atoms with van der Waals surface area (Å²) < 4.78 is 0. The molecule has 0 aromatic rings. The van der Waals surface area contributed by atoms with Crippen LogP contribution in [0.5, 0.6) is 0 Å². The van der Waals surface area contributed by atoms with Crippen molar-refractivity contribution in [2.75, 3.05) is 0 Å². The van der Waals surface area contributed by atoms with Crippen molar-refractivity contribution in [1.82, 2.24) is 0 Å². The van der Waals surface area contributed by atoms with E-state index in [0.717, 1.165) is 5.92 Å². The van der Waals surface area contributed by atoms with Gasteiger partial charge < -0.3 is 0 Å². The van der Waals surface area contributed by atoms with Crippen LogP contribution in [0.15, 0.2) is 24.3 Å². The normalized spacial score (nSPS) is 20.9. The Balaban J connectivity index is 0.000000253. The van der Waals surface area contributed by atoms with Gasteiger partial charge in [0, 0.05) is 20.1 Å². The fourth-order valence-electron chi connectivity index (χ4n) is 1.99. The SMILES string of the molecule is C1=CCCC=CCC1.CC1CCCC1.[Ir]. The zero-order chi connectivity index (χ0) is 10.1. The molecule has 0 bridgehead atoms. The molecule has 15 heavy (non-hydrogen) atoms. The first kappa shape index (κ1) is 15.1. The van der Waals surface area contributed by atoms with Crippen molar-refractivity contribution >= 4 is 0 Å². The van der Waals surface area contributed by atoms with Crippen LogP contribution in [0.4, 0.5) is 0 Å². The number of allylic oxidation sites excluding steroid dienone is 4. The van der Waals surface area contributed by atoms with E-state index in [2.05, 4.69) is 31.2 Å². The first-order valence-electron chi connectivity index (χ1n) is 6.19. The van der Waals surface area contributed by atoms with Crippen molar-refractivity contribution in [2.24, 2.45) is 5.92 Å². The van der Waals surface area contributed by atoms with Gasteiger partial charge in [-0.25, -0.2) is 0 Å². The molecule has 0 nitrogen and oxygen atoms in total. The van der Waals surface area contributed by atoms with E-state index in [1.54, 1.807) is 0 Å². The van der Waals surface area contributed by atoms with Crippen LogP contribution in [-0.4, -0.2) is 0 Å². The summed E-state index contributed by atoms with van der Waals surface area (Å²) in [6.07, 6.45) is 19.9. The van der Waals surface area contributed by atoms with Crippen molar-refractivity contribution in [1.29, 1.82) is 0 Å². The van der Waals surface area contributed by atoms with E-state index in [0.29, 0.717) is 0 Å². The maximum atomic E-state index is 2.34. The Labute approximate surface area is 109 Å². The Kier molecular flexibility index (Phi) is 10.7. The van der Waals surface area contributed by atoms with Crippen molar-refractivity contribution in [3.63, 3.8) is 0 Å². The molecule has 0 atom stereocenters. The Bertz CT molecular complexity index is 150. The molecule has 2 rings (SSSR count). The van der Waals surface area contributed by atoms with Gasteiger partial charge in [0.25, 0.3) is 0 Å². The third-order valence-electron chi connectivity index (χ3n) is 2.98. The first-order chi connectivity index (χ1) is 6.89. The zero-order valence-electron chi connectivity index (χ0n) is 9.88. The van der Waals surface area contributed by atoms with Crippen LogP contribution in [-0.2, 0) is 20.1 Å². The van der Waals surface area contributed by atoms with Gasteiger partial charge in [-0.3, -0.25) is 0 Å². The largest absolute Gasteiger partial charge is 0.0882 e. The number of hydrogen-bond acceptors (Lipinski definition) is 0. The van der Waals surface area contributed by atoms with Crippen molar-refractivity contribution in [2.45, 2.75) is 58.3 Å². The third-order valence-corrected chi connectivity index (χ3v) is 2.98. The van der Waals surface area contributed by atoms with Crippen molar-refractivity contribution in [3.05, 3.63) is 24.3 Å². The average molecular weight is 385 g/mol. The van der Waals surface area contributed by atoms with E-state index < -0.39 is 0 Å². The minimum Gasteiger partial charge on any atom is -0.0882 e. The molecule has 2 aliphatic carbocycles. The Morgan fingerprint density at radius 3 is 1.27 bits per heavy atom.